The van der Waals surface area contributed by atoms with Gasteiger partial charge in [-0.25, -0.2) is 4.79 Å². The zero-order chi connectivity index (χ0) is 15.2. The highest BCUT2D eigenvalue weighted by atomic mass is 16.6. The molecule has 1 saturated heterocycles. The molecule has 1 amide bonds. The summed E-state index contributed by atoms with van der Waals surface area (Å²) in [6, 6.07) is -0.285. The Morgan fingerprint density at radius 3 is 2.60 bits per heavy atom. The number of nitrogens with one attached hydrogen (secondary N) is 1. The van der Waals surface area contributed by atoms with E-state index in [-0.39, 0.29) is 25.3 Å². The Balaban J connectivity index is 2.40. The fourth-order valence-electron chi connectivity index (χ4n) is 2.24. The molecular formula is C14H28N2O4. The lowest BCUT2D eigenvalue weighted by molar-refractivity contribution is 0.0162. The van der Waals surface area contributed by atoms with Gasteiger partial charge >= 0.3 is 6.09 Å². The largest absolute Gasteiger partial charge is 0.444 e. The molecule has 1 aliphatic heterocycles. The number of hydrogen-bond acceptors (Lipinski definition) is 5. The molecule has 1 heterocycles. The predicted molar refractivity (Wildman–Crippen MR) is 76.5 cm³/mol. The van der Waals surface area contributed by atoms with E-state index >= 15 is 0 Å². The van der Waals surface area contributed by atoms with Crippen LogP contribution in [0.15, 0.2) is 0 Å². The van der Waals surface area contributed by atoms with E-state index in [2.05, 4.69) is 5.32 Å². The van der Waals surface area contributed by atoms with E-state index in [0.29, 0.717) is 19.0 Å². The molecule has 6 heteroatoms. The number of amides is 1. The summed E-state index contributed by atoms with van der Waals surface area (Å²) in [5.74, 6) is 0.330. The number of hydrogen-bond donors (Lipinski definition) is 3. The van der Waals surface area contributed by atoms with Crippen LogP contribution in [0.2, 0.25) is 0 Å². The minimum Gasteiger partial charge on any atom is -0.444 e. The van der Waals surface area contributed by atoms with Crippen molar-refractivity contribution in [1.29, 1.82) is 0 Å². The molecule has 1 atom stereocenters. The normalized spacial score (nSPS) is 20.3. The van der Waals surface area contributed by atoms with Gasteiger partial charge in [-0.3, -0.25) is 0 Å². The van der Waals surface area contributed by atoms with Crippen LogP contribution in [0.5, 0.6) is 0 Å². The fourth-order valence-corrected chi connectivity index (χ4v) is 2.24. The highest BCUT2D eigenvalue weighted by molar-refractivity contribution is 5.68. The second kappa shape index (κ2) is 7.81. The second-order valence-corrected chi connectivity index (χ2v) is 6.40. The monoisotopic (exact) mass is 288 g/mol. The third-order valence-corrected chi connectivity index (χ3v) is 3.31. The number of nitrogens with zero attached hydrogens (tertiary/aromatic N) is 1. The SMILES string of the molecule is CC(C)(C)OC(=O)N1CCCC(CNC(CO)CO)C1. The first kappa shape index (κ1) is 17.2. The molecule has 0 aliphatic carbocycles. The fraction of sp³-hybridized carbons (Fsp3) is 0.929. The zero-order valence-corrected chi connectivity index (χ0v) is 12.8. The van der Waals surface area contributed by atoms with Gasteiger partial charge in [0, 0.05) is 19.6 Å². The van der Waals surface area contributed by atoms with Gasteiger partial charge in [-0.2, -0.15) is 0 Å². The summed E-state index contributed by atoms with van der Waals surface area (Å²) < 4.78 is 5.38. The Morgan fingerprint density at radius 1 is 1.40 bits per heavy atom. The van der Waals surface area contributed by atoms with Crippen LogP contribution in [-0.2, 0) is 4.74 Å². The summed E-state index contributed by atoms with van der Waals surface area (Å²) in [6.45, 7) is 7.49. The van der Waals surface area contributed by atoms with Crippen molar-refractivity contribution in [2.75, 3.05) is 32.8 Å². The minimum atomic E-state index is -0.471. The van der Waals surface area contributed by atoms with Crippen molar-refractivity contribution in [2.45, 2.75) is 45.3 Å². The third-order valence-electron chi connectivity index (χ3n) is 3.31. The standard InChI is InChI=1S/C14H28N2O4/c1-14(2,3)20-13(19)16-6-4-5-11(8-16)7-15-12(9-17)10-18/h11-12,15,17-18H,4-10H2,1-3H3. The summed E-state index contributed by atoms with van der Waals surface area (Å²) >= 11 is 0. The van der Waals surface area contributed by atoms with Crippen LogP contribution in [0, 0.1) is 5.92 Å². The van der Waals surface area contributed by atoms with Gasteiger partial charge in [0.15, 0.2) is 0 Å². The van der Waals surface area contributed by atoms with Crippen molar-refractivity contribution >= 4 is 6.09 Å². The minimum absolute atomic E-state index is 0.0843. The number of piperidine rings is 1. The van der Waals surface area contributed by atoms with Crippen molar-refractivity contribution in [2.24, 2.45) is 5.92 Å². The maximum atomic E-state index is 12.0. The molecule has 1 unspecified atom stereocenters. The van der Waals surface area contributed by atoms with E-state index in [4.69, 9.17) is 14.9 Å². The van der Waals surface area contributed by atoms with Crippen molar-refractivity contribution in [3.8, 4) is 0 Å². The molecule has 1 fully saturated rings. The van der Waals surface area contributed by atoms with Crippen LogP contribution in [0.3, 0.4) is 0 Å². The van der Waals surface area contributed by atoms with E-state index in [1.807, 2.05) is 20.8 Å². The molecule has 0 bridgehead atoms. The van der Waals surface area contributed by atoms with E-state index in [0.717, 1.165) is 19.4 Å². The van der Waals surface area contributed by atoms with Crippen LogP contribution in [0.25, 0.3) is 0 Å². The number of likely N-dealkylation sites (tertiary alicyclic amines) is 1. The first-order valence-electron chi connectivity index (χ1n) is 7.28. The molecule has 0 saturated carbocycles. The Kier molecular flexibility index (Phi) is 6.71. The molecule has 6 nitrogen and oxygen atoms in total. The molecule has 0 aromatic heterocycles. The van der Waals surface area contributed by atoms with E-state index in [1.165, 1.54) is 0 Å². The van der Waals surface area contributed by atoms with Gasteiger partial charge in [0.25, 0.3) is 0 Å². The molecule has 1 aliphatic rings. The number of rotatable bonds is 5. The van der Waals surface area contributed by atoms with Crippen molar-refractivity contribution < 1.29 is 19.7 Å². The average Bonchev–Trinajstić information content (AvgIpc) is 2.38. The summed E-state index contributed by atoms with van der Waals surface area (Å²) in [7, 11) is 0. The molecule has 0 aromatic rings. The van der Waals surface area contributed by atoms with Crippen molar-refractivity contribution in [3.05, 3.63) is 0 Å². The van der Waals surface area contributed by atoms with Gasteiger partial charge in [-0.05, 0) is 39.5 Å². The Labute approximate surface area is 121 Å². The number of carbonyl (C=O) groups excluding carboxylic acids is 1. The van der Waals surface area contributed by atoms with E-state index in [1.54, 1.807) is 4.90 Å². The predicted octanol–water partition coefficient (Wildman–Crippen LogP) is 0.576. The van der Waals surface area contributed by atoms with Gasteiger partial charge in [0.2, 0.25) is 0 Å². The molecule has 118 valence electrons. The van der Waals surface area contributed by atoms with Gasteiger partial charge in [-0.15, -0.1) is 0 Å². The maximum Gasteiger partial charge on any atom is 0.410 e. The van der Waals surface area contributed by atoms with Gasteiger partial charge < -0.3 is 25.2 Å². The Hall–Kier alpha value is -0.850. The Morgan fingerprint density at radius 2 is 2.05 bits per heavy atom. The topological polar surface area (TPSA) is 82.0 Å². The summed E-state index contributed by atoms with van der Waals surface area (Å²) in [5, 5.41) is 21.2. The number of aliphatic hydroxyl groups excluding tert-OH is 2. The van der Waals surface area contributed by atoms with Crippen LogP contribution >= 0.6 is 0 Å². The quantitative estimate of drug-likeness (QED) is 0.689. The van der Waals surface area contributed by atoms with Gasteiger partial charge in [0.05, 0.1) is 19.3 Å². The number of aliphatic hydroxyl groups is 2. The average molecular weight is 288 g/mol. The Bertz CT molecular complexity index is 300. The van der Waals surface area contributed by atoms with Crippen LogP contribution in [0.4, 0.5) is 4.79 Å². The maximum absolute atomic E-state index is 12.0. The van der Waals surface area contributed by atoms with Gasteiger partial charge in [0.1, 0.15) is 5.60 Å². The molecular weight excluding hydrogens is 260 g/mol. The van der Waals surface area contributed by atoms with Crippen LogP contribution < -0.4 is 5.32 Å². The smallest absolute Gasteiger partial charge is 0.410 e. The highest BCUT2D eigenvalue weighted by Crippen LogP contribution is 2.18. The highest BCUT2D eigenvalue weighted by Gasteiger charge is 2.27. The third kappa shape index (κ3) is 6.07. The first-order chi connectivity index (χ1) is 9.35. The van der Waals surface area contributed by atoms with Crippen molar-refractivity contribution in [3.63, 3.8) is 0 Å². The van der Waals surface area contributed by atoms with Crippen LogP contribution in [0.1, 0.15) is 33.6 Å². The number of carbonyl (C=O) groups is 1. The summed E-state index contributed by atoms with van der Waals surface area (Å²) in [5.41, 5.74) is -0.471. The van der Waals surface area contributed by atoms with E-state index in [9.17, 15) is 4.79 Å². The summed E-state index contributed by atoms with van der Waals surface area (Å²) in [6.07, 6.45) is 1.73. The molecule has 0 spiro atoms. The molecule has 1 rings (SSSR count). The second-order valence-electron chi connectivity index (χ2n) is 6.40. The molecule has 20 heavy (non-hydrogen) atoms. The molecule has 0 radical (unpaired) electrons. The van der Waals surface area contributed by atoms with Crippen LogP contribution in [-0.4, -0.2) is 65.7 Å². The molecule has 0 aromatic carbocycles. The van der Waals surface area contributed by atoms with Gasteiger partial charge in [-0.1, -0.05) is 0 Å². The summed E-state index contributed by atoms with van der Waals surface area (Å²) in [4.78, 5) is 13.8. The lowest BCUT2D eigenvalue weighted by Gasteiger charge is -2.34. The van der Waals surface area contributed by atoms with E-state index < -0.39 is 5.60 Å². The number of ether oxygens (including phenoxy) is 1. The zero-order valence-electron chi connectivity index (χ0n) is 12.8. The first-order valence-corrected chi connectivity index (χ1v) is 7.28. The van der Waals surface area contributed by atoms with Crippen molar-refractivity contribution in [1.82, 2.24) is 10.2 Å². The lowest BCUT2D eigenvalue weighted by atomic mass is 9.98. The molecule has 3 N–H and O–H groups in total. The lowest BCUT2D eigenvalue weighted by Crippen LogP contribution is -2.47.